The van der Waals surface area contributed by atoms with Crippen molar-refractivity contribution < 1.29 is 43.0 Å². The lowest BCUT2D eigenvalue weighted by atomic mass is 9.74. The van der Waals surface area contributed by atoms with Gasteiger partial charge in [-0.1, -0.05) is 78.9 Å². The Hall–Kier alpha value is -7.82. The Bertz CT molecular complexity index is 3320. The van der Waals surface area contributed by atoms with E-state index in [1.54, 1.807) is 31.5 Å². The number of hydrogen-bond donors (Lipinski definition) is 1. The first-order chi connectivity index (χ1) is 35.8. The minimum atomic E-state index is -1.97. The second kappa shape index (κ2) is 19.3. The molecule has 15 nitrogen and oxygen atoms in total. The molecule has 12 rings (SSSR count). The van der Waals surface area contributed by atoms with Gasteiger partial charge in [0.05, 0.1) is 26.9 Å². The molecular formula is C58H54N6O9. The molecule has 3 unspecified atom stereocenters. The number of fused-ring (bicyclic) bond motifs is 5. The fourth-order valence-corrected chi connectivity index (χ4v) is 10.8. The number of hydrogen-bond acceptors (Lipinski definition) is 13. The summed E-state index contributed by atoms with van der Waals surface area (Å²) in [5.74, 6) is 4.43. The highest BCUT2D eigenvalue weighted by molar-refractivity contribution is 5.83. The van der Waals surface area contributed by atoms with Crippen molar-refractivity contribution in [2.45, 2.75) is 61.4 Å². The van der Waals surface area contributed by atoms with Crippen LogP contribution in [0.25, 0.3) is 11.2 Å². The largest absolute Gasteiger partial charge is 0.497 e. The number of aliphatic imine (C=N–C) groups is 1. The molecule has 0 aliphatic carbocycles. The maximum atomic E-state index is 14.5. The van der Waals surface area contributed by atoms with Crippen LogP contribution in [0.3, 0.4) is 0 Å². The second-order valence-electron chi connectivity index (χ2n) is 18.8. The van der Waals surface area contributed by atoms with Crippen LogP contribution in [-0.4, -0.2) is 95.9 Å². The lowest BCUT2D eigenvalue weighted by Crippen LogP contribution is -2.50. The van der Waals surface area contributed by atoms with E-state index in [4.69, 9.17) is 47.9 Å². The third-order valence-corrected chi connectivity index (χ3v) is 14.2. The standard InChI is InChI=1S/C58H54N6O9/c1-63(2)33-62-55-53-56(60-32-59-55)64(34-61-53)57-54(73-48-21-9-10-30-68-48)58(65,41-15-11-19-45-51(41)49(35-22-26-37(66-3)27-23-35)39-13-5-7-16-42(39)70-45)47(72-57)31-69-44-18-12-20-46-52(44)50(36-24-28-38(67-4)29-25-36)40-14-6-8-17-43(40)71-46/h5-8,11-20,22-29,32-34,47-50,54,57,65H,9-10,21,30-31H2,1-4H3/t47-,48?,49?,50?,54+,57-,58-/m1/s1. The third-order valence-electron chi connectivity index (χ3n) is 14.2. The molecule has 0 bridgehead atoms. The Morgan fingerprint density at radius 1 is 0.726 bits per heavy atom. The zero-order chi connectivity index (χ0) is 49.6. The average Bonchev–Trinajstić information content (AvgIpc) is 3.99. The lowest BCUT2D eigenvalue weighted by molar-refractivity contribution is -0.233. The SMILES string of the molecule is COc1ccc(C2c3ccccc3Oc3cccc(OC[C@H]4O[C@@H](n5cnc6c(N=CN(C)C)ncnc65)[C@H](OC5CCCCO5)[C@@]4(O)c4cccc5c4C(c4ccc(OC)cc4)c4ccccc4O5)c32)cc1. The molecular weight excluding hydrogens is 925 g/mol. The van der Waals surface area contributed by atoms with E-state index in [0.29, 0.717) is 58.6 Å². The Kier molecular flexibility index (Phi) is 12.2. The van der Waals surface area contributed by atoms with E-state index < -0.39 is 36.2 Å². The summed E-state index contributed by atoms with van der Waals surface area (Å²) in [4.78, 5) is 20.5. The molecule has 4 aliphatic heterocycles. The number of nitrogens with zero attached hydrogens (tertiary/aromatic N) is 6. The quantitative estimate of drug-likeness (QED) is 0.0862. The van der Waals surface area contributed by atoms with Crippen LogP contribution in [0.2, 0.25) is 0 Å². The first-order valence-corrected chi connectivity index (χ1v) is 24.5. The number of imidazole rings is 1. The van der Waals surface area contributed by atoms with Gasteiger partial charge in [-0.05, 0) is 90.6 Å². The van der Waals surface area contributed by atoms with Crippen molar-refractivity contribution in [1.29, 1.82) is 0 Å². The predicted octanol–water partition coefficient (Wildman–Crippen LogP) is 10.4. The molecule has 6 aromatic carbocycles. The Labute approximate surface area is 422 Å². The summed E-state index contributed by atoms with van der Waals surface area (Å²) in [7, 11) is 7.08. The van der Waals surface area contributed by atoms with E-state index in [9.17, 15) is 5.11 Å². The van der Waals surface area contributed by atoms with Gasteiger partial charge < -0.3 is 47.9 Å². The summed E-state index contributed by atoms with van der Waals surface area (Å²) in [6, 6.07) is 43.7. The summed E-state index contributed by atoms with van der Waals surface area (Å²) in [5, 5.41) is 14.5. The fourth-order valence-electron chi connectivity index (χ4n) is 10.8. The molecule has 0 radical (unpaired) electrons. The maximum Gasteiger partial charge on any atom is 0.184 e. The van der Waals surface area contributed by atoms with Gasteiger partial charge in [0.25, 0.3) is 0 Å². The topological polar surface area (TPSA) is 153 Å². The number of aliphatic hydroxyl groups is 1. The summed E-state index contributed by atoms with van der Waals surface area (Å²) in [5.41, 5.74) is 4.93. The highest BCUT2D eigenvalue weighted by atomic mass is 16.7. The normalized spacial score (nSPS) is 22.9. The second-order valence-corrected chi connectivity index (χ2v) is 18.8. The molecule has 8 aromatic rings. The minimum absolute atomic E-state index is 0.139. The molecule has 2 aromatic heterocycles. The fraction of sp³-hybridized carbons (Fsp3) is 0.276. The first-order valence-electron chi connectivity index (χ1n) is 24.5. The average molecular weight is 979 g/mol. The van der Waals surface area contributed by atoms with Gasteiger partial charge in [-0.3, -0.25) is 4.57 Å². The van der Waals surface area contributed by atoms with Crippen LogP contribution in [0.1, 0.15) is 76.3 Å². The molecule has 0 amide bonds. The van der Waals surface area contributed by atoms with Crippen molar-refractivity contribution in [2.75, 3.05) is 41.5 Å². The Balaban J connectivity index is 1.03. The zero-order valence-corrected chi connectivity index (χ0v) is 40.8. The summed E-state index contributed by atoms with van der Waals surface area (Å²) in [6.45, 7) is 0.368. The third kappa shape index (κ3) is 8.27. The van der Waals surface area contributed by atoms with E-state index in [1.165, 1.54) is 6.33 Å². The number of rotatable bonds is 13. The molecule has 73 heavy (non-hydrogen) atoms. The highest BCUT2D eigenvalue weighted by Crippen LogP contribution is 2.56. The molecule has 4 aliphatic rings. The molecule has 6 heterocycles. The van der Waals surface area contributed by atoms with Crippen LogP contribution in [0.4, 0.5) is 5.82 Å². The van der Waals surface area contributed by atoms with Crippen molar-refractivity contribution in [3.8, 4) is 40.2 Å². The molecule has 2 saturated heterocycles. The van der Waals surface area contributed by atoms with Crippen LogP contribution in [0.15, 0.2) is 151 Å². The minimum Gasteiger partial charge on any atom is -0.497 e. The van der Waals surface area contributed by atoms with Gasteiger partial charge in [-0.2, -0.15) is 0 Å². The number of aromatic nitrogens is 4. The van der Waals surface area contributed by atoms with Crippen LogP contribution >= 0.6 is 0 Å². The number of ether oxygens (including phenoxy) is 8. The summed E-state index contributed by atoms with van der Waals surface area (Å²) >= 11 is 0. The first kappa shape index (κ1) is 46.3. The molecule has 15 heteroatoms. The van der Waals surface area contributed by atoms with Crippen LogP contribution < -0.4 is 23.7 Å². The molecule has 370 valence electrons. The summed E-state index contributed by atoms with van der Waals surface area (Å²) in [6.07, 6.45) is 3.19. The maximum absolute atomic E-state index is 14.5. The van der Waals surface area contributed by atoms with Crippen molar-refractivity contribution in [3.63, 3.8) is 0 Å². The van der Waals surface area contributed by atoms with E-state index >= 15 is 0 Å². The highest BCUT2D eigenvalue weighted by Gasteiger charge is 2.61. The van der Waals surface area contributed by atoms with Crippen LogP contribution in [0, 0.1) is 0 Å². The monoisotopic (exact) mass is 978 g/mol. The number of benzene rings is 6. The number of para-hydroxylation sites is 2. The Morgan fingerprint density at radius 3 is 2.00 bits per heavy atom. The molecule has 1 N–H and O–H groups in total. The van der Waals surface area contributed by atoms with Crippen molar-refractivity contribution in [1.82, 2.24) is 24.4 Å². The van der Waals surface area contributed by atoms with Crippen molar-refractivity contribution >= 4 is 23.3 Å². The lowest BCUT2D eigenvalue weighted by Gasteiger charge is -2.40. The van der Waals surface area contributed by atoms with E-state index in [1.807, 2.05) is 116 Å². The van der Waals surface area contributed by atoms with Crippen LogP contribution in [-0.2, 0) is 19.8 Å². The van der Waals surface area contributed by atoms with Crippen LogP contribution in [0.5, 0.6) is 40.2 Å². The molecule has 0 saturated carbocycles. The predicted molar refractivity (Wildman–Crippen MR) is 273 cm³/mol. The van der Waals surface area contributed by atoms with Gasteiger partial charge in [-0.15, -0.1) is 0 Å². The van der Waals surface area contributed by atoms with E-state index in [0.717, 1.165) is 63.5 Å². The van der Waals surface area contributed by atoms with E-state index in [-0.39, 0.29) is 12.5 Å². The van der Waals surface area contributed by atoms with Gasteiger partial charge in [0, 0.05) is 54.8 Å². The van der Waals surface area contributed by atoms with Gasteiger partial charge >= 0.3 is 0 Å². The van der Waals surface area contributed by atoms with Gasteiger partial charge in [-0.25, -0.2) is 19.9 Å². The van der Waals surface area contributed by atoms with Crippen molar-refractivity contribution in [3.05, 3.63) is 185 Å². The smallest absolute Gasteiger partial charge is 0.184 e. The molecule has 7 atom stereocenters. The molecule has 2 fully saturated rings. The summed E-state index contributed by atoms with van der Waals surface area (Å²) < 4.78 is 54.4. The van der Waals surface area contributed by atoms with Gasteiger partial charge in [0.1, 0.15) is 65.4 Å². The molecule has 0 spiro atoms. The number of methoxy groups -OCH3 is 2. The van der Waals surface area contributed by atoms with E-state index in [2.05, 4.69) is 46.4 Å². The Morgan fingerprint density at radius 2 is 1.36 bits per heavy atom. The van der Waals surface area contributed by atoms with Gasteiger partial charge in [0.2, 0.25) is 0 Å². The van der Waals surface area contributed by atoms with Gasteiger partial charge in [0.15, 0.2) is 35.1 Å². The zero-order valence-electron chi connectivity index (χ0n) is 40.8. The van der Waals surface area contributed by atoms with Crippen molar-refractivity contribution in [2.24, 2.45) is 4.99 Å².